The molecule has 0 saturated heterocycles. The van der Waals surface area contributed by atoms with Crippen LogP contribution in [0.15, 0.2) is 58.6 Å². The van der Waals surface area contributed by atoms with Gasteiger partial charge in [0.25, 0.3) is 5.91 Å². The Kier molecular flexibility index (Phi) is 8.41. The van der Waals surface area contributed by atoms with Gasteiger partial charge in [-0.05, 0) is 56.4 Å². The first-order chi connectivity index (χ1) is 17.9. The molecule has 1 aliphatic carbocycles. The molecule has 0 radical (unpaired) electrons. The average Bonchev–Trinajstić information content (AvgIpc) is 3.64. The minimum absolute atomic E-state index is 0.00637. The highest BCUT2D eigenvalue weighted by Gasteiger charge is 2.50. The third kappa shape index (κ3) is 6.09. The highest BCUT2D eigenvalue weighted by atomic mass is 32.2. The largest absolute Gasteiger partial charge is 0.365 e. The van der Waals surface area contributed by atoms with E-state index in [0.29, 0.717) is 25.3 Å². The molecule has 1 heterocycles. The van der Waals surface area contributed by atoms with Gasteiger partial charge in [0.1, 0.15) is 27.7 Å². The summed E-state index contributed by atoms with van der Waals surface area (Å²) in [5.74, 6) is -1.25. The fraction of sp³-hybridized carbons (Fsp3) is 0.385. The molecule has 2 atom stereocenters. The topological polar surface area (TPSA) is 102 Å². The Morgan fingerprint density at radius 2 is 2.08 bits per heavy atom. The van der Waals surface area contributed by atoms with Gasteiger partial charge in [0, 0.05) is 19.2 Å². The zero-order chi connectivity index (χ0) is 26.4. The molecule has 2 aromatic carbocycles. The summed E-state index contributed by atoms with van der Waals surface area (Å²) in [6.07, 6.45) is 3.90. The van der Waals surface area contributed by atoms with Gasteiger partial charge in [-0.1, -0.05) is 42.1 Å². The van der Waals surface area contributed by atoms with E-state index in [2.05, 4.69) is 20.7 Å². The third-order valence-corrected chi connectivity index (χ3v) is 7.49. The van der Waals surface area contributed by atoms with E-state index in [1.807, 2.05) is 36.5 Å². The molecule has 2 N–H and O–H groups in total. The lowest BCUT2D eigenvalue weighted by Crippen LogP contribution is -2.46. The molecule has 1 saturated carbocycles. The molecule has 8 nitrogen and oxygen atoms in total. The Bertz CT molecular complexity index is 1230. The third-order valence-electron chi connectivity index (χ3n) is 6.04. The van der Waals surface area contributed by atoms with E-state index in [4.69, 9.17) is 10.00 Å². The monoisotopic (exact) mass is 526 g/mol. The highest BCUT2D eigenvalue weighted by molar-refractivity contribution is 8.15. The maximum Gasteiger partial charge on any atom is 0.273 e. The number of hydrazone groups is 1. The van der Waals surface area contributed by atoms with Crippen molar-refractivity contribution in [2.75, 3.05) is 13.6 Å². The zero-order valence-corrected chi connectivity index (χ0v) is 21.4. The van der Waals surface area contributed by atoms with Crippen molar-refractivity contribution in [3.8, 4) is 6.19 Å². The quantitative estimate of drug-likeness (QED) is 0.168. The summed E-state index contributed by atoms with van der Waals surface area (Å²) < 4.78 is 34.8. The van der Waals surface area contributed by atoms with E-state index in [0.717, 1.165) is 36.6 Å². The van der Waals surface area contributed by atoms with E-state index in [9.17, 15) is 13.6 Å². The summed E-state index contributed by atoms with van der Waals surface area (Å²) in [4.78, 5) is 16.7. The number of hydrogen-bond acceptors (Lipinski definition) is 6. The number of hydrogen-bond donors (Lipinski definition) is 2. The Balaban J connectivity index is 1.69. The van der Waals surface area contributed by atoms with Crippen LogP contribution in [-0.2, 0) is 14.4 Å². The number of nitrogens with one attached hydrogen (secondary N) is 2. The first kappa shape index (κ1) is 26.6. The Morgan fingerprint density at radius 1 is 1.32 bits per heavy atom. The molecular weight excluding hydrogens is 498 g/mol. The number of ether oxygens (including phenoxy) is 1. The number of amides is 1. The van der Waals surface area contributed by atoms with Crippen molar-refractivity contribution in [3.05, 3.63) is 71.3 Å². The number of nitrogens with zero attached hydrogens (tertiary/aromatic N) is 4. The van der Waals surface area contributed by atoms with Crippen molar-refractivity contribution in [2.45, 2.75) is 49.7 Å². The molecule has 37 heavy (non-hydrogen) atoms. The average molecular weight is 527 g/mol. The van der Waals surface area contributed by atoms with Crippen LogP contribution in [0, 0.1) is 23.1 Å². The summed E-state index contributed by atoms with van der Waals surface area (Å²) in [6, 6.07) is 12.6. The number of halogens is 2. The summed E-state index contributed by atoms with van der Waals surface area (Å²) in [5.41, 5.74) is 0.787. The predicted octanol–water partition coefficient (Wildman–Crippen LogP) is 4.05. The molecule has 1 aliphatic heterocycles. The second kappa shape index (κ2) is 11.7. The van der Waals surface area contributed by atoms with Gasteiger partial charge in [-0.25, -0.2) is 13.8 Å². The van der Waals surface area contributed by atoms with Gasteiger partial charge in [-0.2, -0.15) is 10.4 Å². The predicted molar refractivity (Wildman–Crippen MR) is 138 cm³/mol. The maximum atomic E-state index is 14.8. The maximum absolute atomic E-state index is 14.8. The molecule has 2 aromatic rings. The number of rotatable bonds is 9. The second-order valence-corrected chi connectivity index (χ2v) is 10.0. The molecule has 194 valence electrons. The standard InChI is InChI=1S/C26H28F2N6O2S/c1-17(36-20-10-11-20)24(35)34-26(18-7-4-3-5-8-18,13-6-14-31-25(30-2)32-16-29)37-23(33-34)21-15-19(27)9-12-22(21)28/h3-5,7-9,12,15,17,20H,6,10-11,13-14H2,1-2H3,(H2,30,31,32)/t17-,26?/m0/s1. The molecular formula is C26H28F2N6O2S. The second-order valence-electron chi connectivity index (χ2n) is 8.75. The lowest BCUT2D eigenvalue weighted by molar-refractivity contribution is -0.147. The van der Waals surface area contributed by atoms with Crippen LogP contribution >= 0.6 is 11.8 Å². The zero-order valence-electron chi connectivity index (χ0n) is 20.6. The number of benzene rings is 2. The summed E-state index contributed by atoms with van der Waals surface area (Å²) >= 11 is 1.22. The van der Waals surface area contributed by atoms with Crippen molar-refractivity contribution < 1.29 is 18.3 Å². The SMILES string of the molecule is CN=C(NC#N)NCCCC1(c2ccccc2)SC(c2cc(F)ccc2F)=NN1C(=O)[C@H](C)OC1CC1. The number of carbonyl (C=O) groups is 1. The van der Waals surface area contributed by atoms with Crippen molar-refractivity contribution in [1.29, 1.82) is 5.26 Å². The van der Waals surface area contributed by atoms with Crippen LogP contribution < -0.4 is 10.6 Å². The van der Waals surface area contributed by atoms with Gasteiger partial charge in [0.15, 0.2) is 6.19 Å². The molecule has 1 fully saturated rings. The van der Waals surface area contributed by atoms with E-state index in [1.165, 1.54) is 16.8 Å². The number of thioether (sulfide) groups is 1. The first-order valence-electron chi connectivity index (χ1n) is 12.0. The number of guanidine groups is 1. The van der Waals surface area contributed by atoms with E-state index in [-0.39, 0.29) is 22.6 Å². The van der Waals surface area contributed by atoms with Gasteiger partial charge in [0.05, 0.1) is 6.10 Å². The van der Waals surface area contributed by atoms with Crippen LogP contribution in [0.5, 0.6) is 0 Å². The van der Waals surface area contributed by atoms with Crippen LogP contribution in [0.1, 0.15) is 43.7 Å². The fourth-order valence-electron chi connectivity index (χ4n) is 4.06. The lowest BCUT2D eigenvalue weighted by atomic mass is 9.99. The molecule has 0 spiro atoms. The van der Waals surface area contributed by atoms with Crippen LogP contribution in [-0.4, -0.2) is 47.7 Å². The molecule has 1 amide bonds. The van der Waals surface area contributed by atoms with Gasteiger partial charge in [-0.3, -0.25) is 15.1 Å². The van der Waals surface area contributed by atoms with Crippen molar-refractivity contribution in [1.82, 2.24) is 15.6 Å². The highest BCUT2D eigenvalue weighted by Crippen LogP contribution is 2.51. The lowest BCUT2D eigenvalue weighted by Gasteiger charge is -2.37. The minimum Gasteiger partial charge on any atom is -0.365 e. The van der Waals surface area contributed by atoms with Crippen molar-refractivity contribution >= 4 is 28.7 Å². The molecule has 0 bridgehead atoms. The summed E-state index contributed by atoms with van der Waals surface area (Å²) in [6.45, 7) is 2.13. The Labute approximate surface area is 218 Å². The summed E-state index contributed by atoms with van der Waals surface area (Å²) in [7, 11) is 1.56. The Hall–Kier alpha value is -3.49. The fourth-order valence-corrected chi connectivity index (χ4v) is 5.49. The van der Waals surface area contributed by atoms with E-state index < -0.39 is 22.6 Å². The van der Waals surface area contributed by atoms with Crippen LogP contribution in [0.3, 0.4) is 0 Å². The Morgan fingerprint density at radius 3 is 2.76 bits per heavy atom. The molecule has 0 aromatic heterocycles. The van der Waals surface area contributed by atoms with Gasteiger partial charge < -0.3 is 10.1 Å². The normalized spacial score (nSPS) is 20.2. The molecule has 11 heteroatoms. The molecule has 2 aliphatic rings. The van der Waals surface area contributed by atoms with Crippen molar-refractivity contribution in [3.63, 3.8) is 0 Å². The number of aliphatic imine (C=N–C) groups is 1. The first-order valence-corrected chi connectivity index (χ1v) is 12.8. The van der Waals surface area contributed by atoms with E-state index in [1.54, 1.807) is 14.0 Å². The number of carbonyl (C=O) groups excluding carboxylic acids is 1. The molecule has 1 unspecified atom stereocenters. The van der Waals surface area contributed by atoms with E-state index >= 15 is 0 Å². The summed E-state index contributed by atoms with van der Waals surface area (Å²) in [5, 5.41) is 20.6. The van der Waals surface area contributed by atoms with Crippen LogP contribution in [0.25, 0.3) is 0 Å². The van der Waals surface area contributed by atoms with Crippen LogP contribution in [0.4, 0.5) is 8.78 Å². The van der Waals surface area contributed by atoms with Gasteiger partial charge >= 0.3 is 0 Å². The van der Waals surface area contributed by atoms with Crippen molar-refractivity contribution in [2.24, 2.45) is 10.1 Å². The van der Waals surface area contributed by atoms with Gasteiger partial charge in [0.2, 0.25) is 5.96 Å². The number of nitriles is 1. The molecule has 4 rings (SSSR count). The van der Waals surface area contributed by atoms with Gasteiger partial charge in [-0.15, -0.1) is 0 Å². The van der Waals surface area contributed by atoms with Crippen LogP contribution in [0.2, 0.25) is 0 Å². The smallest absolute Gasteiger partial charge is 0.273 e. The minimum atomic E-state index is -1.03.